The molecule has 1 aromatic rings. The van der Waals surface area contributed by atoms with Gasteiger partial charge in [0.1, 0.15) is 0 Å². The maximum Gasteiger partial charge on any atom is 0.227 e. The predicted molar refractivity (Wildman–Crippen MR) is 95.0 cm³/mol. The van der Waals surface area contributed by atoms with Crippen molar-refractivity contribution in [1.82, 2.24) is 9.80 Å². The summed E-state index contributed by atoms with van der Waals surface area (Å²) in [7, 11) is 1.96. The van der Waals surface area contributed by atoms with Gasteiger partial charge in [-0.3, -0.25) is 4.79 Å². The molecule has 2 heterocycles. The first kappa shape index (κ1) is 16.3. The van der Waals surface area contributed by atoms with E-state index in [-0.39, 0.29) is 12.0 Å². The zero-order valence-corrected chi connectivity index (χ0v) is 14.4. The molecule has 0 aliphatic carbocycles. The van der Waals surface area contributed by atoms with Crippen LogP contribution in [-0.4, -0.2) is 48.4 Å². The van der Waals surface area contributed by atoms with Crippen molar-refractivity contribution < 1.29 is 4.79 Å². The number of piperidine rings is 1. The van der Waals surface area contributed by atoms with Gasteiger partial charge in [-0.05, 0) is 44.8 Å². The second-order valence-corrected chi connectivity index (χ2v) is 7.06. The molecule has 0 bridgehead atoms. The Morgan fingerprint density at radius 3 is 2.57 bits per heavy atom. The fourth-order valence-corrected chi connectivity index (χ4v) is 3.98. The van der Waals surface area contributed by atoms with Gasteiger partial charge in [0.2, 0.25) is 5.91 Å². The van der Waals surface area contributed by atoms with Crippen LogP contribution in [-0.2, 0) is 4.79 Å². The van der Waals surface area contributed by atoms with Crippen LogP contribution in [0.5, 0.6) is 0 Å². The van der Waals surface area contributed by atoms with E-state index in [4.69, 9.17) is 0 Å². The minimum absolute atomic E-state index is 0.169. The number of nitrogens with zero attached hydrogens (tertiary/aromatic N) is 2. The lowest BCUT2D eigenvalue weighted by Crippen LogP contribution is -2.37. The Kier molecular flexibility index (Phi) is 5.16. The quantitative estimate of drug-likeness (QED) is 0.850. The average Bonchev–Trinajstić information content (AvgIpc) is 2.85. The molecule has 1 amide bonds. The molecule has 3 heteroatoms. The predicted octanol–water partition coefficient (Wildman–Crippen LogP) is 3.42. The monoisotopic (exact) mass is 312 g/mol. The van der Waals surface area contributed by atoms with Crippen LogP contribution >= 0.6 is 0 Å². The summed E-state index contributed by atoms with van der Waals surface area (Å²) < 4.78 is 0. The molecule has 3 nitrogen and oxygen atoms in total. The number of likely N-dealkylation sites (N-methyl/N-ethyl adjacent to an activating group) is 1. The molecule has 2 atom stereocenters. The molecule has 1 aromatic carbocycles. The molecule has 2 fully saturated rings. The number of carbonyl (C=O) groups excluding carboxylic acids is 1. The number of hydrogen-bond acceptors (Lipinski definition) is 2. The summed E-state index contributed by atoms with van der Waals surface area (Å²) >= 11 is 0. The second-order valence-electron chi connectivity index (χ2n) is 7.06. The van der Waals surface area contributed by atoms with Gasteiger partial charge < -0.3 is 9.80 Å². The van der Waals surface area contributed by atoms with Gasteiger partial charge in [0.05, 0.1) is 12.0 Å². The van der Waals surface area contributed by atoms with Crippen molar-refractivity contribution in [2.75, 3.05) is 26.7 Å². The van der Waals surface area contributed by atoms with Crippen LogP contribution in [0.3, 0.4) is 0 Å². The molecule has 2 aliphatic rings. The molecule has 3 rings (SSSR count). The largest absolute Gasteiger partial charge is 0.339 e. The van der Waals surface area contributed by atoms with Crippen LogP contribution < -0.4 is 0 Å². The fourth-order valence-electron chi connectivity index (χ4n) is 3.98. The normalized spacial score (nSPS) is 26.8. The van der Waals surface area contributed by atoms with Crippen molar-refractivity contribution in [3.8, 4) is 0 Å². The van der Waals surface area contributed by atoms with E-state index in [2.05, 4.69) is 42.2 Å². The SMILES string of the molecule is CC(=Cc1ccccc1)[C@@H]1C[C@H](CN2CCCCC2)C(=O)N1C. The molecule has 0 spiro atoms. The second kappa shape index (κ2) is 7.31. The van der Waals surface area contributed by atoms with E-state index in [9.17, 15) is 4.79 Å². The van der Waals surface area contributed by atoms with E-state index in [1.54, 1.807) is 0 Å². The summed E-state index contributed by atoms with van der Waals surface area (Å²) in [6, 6.07) is 10.6. The molecule has 124 valence electrons. The van der Waals surface area contributed by atoms with Gasteiger partial charge >= 0.3 is 0 Å². The highest BCUT2D eigenvalue weighted by atomic mass is 16.2. The van der Waals surface area contributed by atoms with Gasteiger partial charge in [0.25, 0.3) is 0 Å². The van der Waals surface area contributed by atoms with E-state index in [1.807, 2.05) is 18.0 Å². The fraction of sp³-hybridized carbons (Fsp3) is 0.550. The highest BCUT2D eigenvalue weighted by Gasteiger charge is 2.38. The Morgan fingerprint density at radius 1 is 1.17 bits per heavy atom. The molecular formula is C20H28N2O. The molecule has 0 saturated carbocycles. The number of rotatable bonds is 4. The Balaban J connectivity index is 1.66. The average molecular weight is 312 g/mol. The van der Waals surface area contributed by atoms with Crippen LogP contribution in [0.25, 0.3) is 6.08 Å². The Morgan fingerprint density at radius 2 is 1.87 bits per heavy atom. The zero-order chi connectivity index (χ0) is 16.2. The van der Waals surface area contributed by atoms with E-state index in [1.165, 1.54) is 30.4 Å². The van der Waals surface area contributed by atoms with Crippen molar-refractivity contribution in [2.45, 2.75) is 38.6 Å². The summed E-state index contributed by atoms with van der Waals surface area (Å²) in [5, 5.41) is 0. The number of likely N-dealkylation sites (tertiary alicyclic amines) is 2. The lowest BCUT2D eigenvalue weighted by molar-refractivity contribution is -0.131. The molecule has 0 unspecified atom stereocenters. The lowest BCUT2D eigenvalue weighted by Gasteiger charge is -2.28. The standard InChI is InChI=1S/C20H28N2O/c1-16(13-17-9-5-3-6-10-17)19-14-18(20(23)21(19)2)15-22-11-7-4-8-12-22/h3,5-6,9-10,13,18-19H,4,7-8,11-12,14-15H2,1-2H3/t18-,19+/m1/s1. The van der Waals surface area contributed by atoms with Crippen LogP contribution in [0, 0.1) is 5.92 Å². The van der Waals surface area contributed by atoms with Gasteiger partial charge in [-0.1, -0.05) is 48.4 Å². The summed E-state index contributed by atoms with van der Waals surface area (Å²) in [5.41, 5.74) is 2.50. The van der Waals surface area contributed by atoms with E-state index < -0.39 is 0 Å². The summed E-state index contributed by atoms with van der Waals surface area (Å²) in [4.78, 5) is 17.1. The van der Waals surface area contributed by atoms with Gasteiger partial charge in [-0.2, -0.15) is 0 Å². The lowest BCUT2D eigenvalue weighted by atomic mass is 9.98. The first-order valence-electron chi connectivity index (χ1n) is 8.87. The minimum Gasteiger partial charge on any atom is -0.339 e. The van der Waals surface area contributed by atoms with Crippen molar-refractivity contribution >= 4 is 12.0 Å². The van der Waals surface area contributed by atoms with E-state index >= 15 is 0 Å². The molecule has 2 saturated heterocycles. The van der Waals surface area contributed by atoms with Crippen LogP contribution in [0.1, 0.15) is 38.2 Å². The Bertz CT molecular complexity index is 560. The third-order valence-electron chi connectivity index (χ3n) is 5.32. The number of carbonyl (C=O) groups is 1. The van der Waals surface area contributed by atoms with Gasteiger partial charge in [0.15, 0.2) is 0 Å². The van der Waals surface area contributed by atoms with Crippen LogP contribution in [0.2, 0.25) is 0 Å². The molecule has 23 heavy (non-hydrogen) atoms. The topological polar surface area (TPSA) is 23.6 Å². The number of hydrogen-bond donors (Lipinski definition) is 0. The first-order valence-corrected chi connectivity index (χ1v) is 8.87. The van der Waals surface area contributed by atoms with Crippen molar-refractivity contribution in [3.63, 3.8) is 0 Å². The summed E-state index contributed by atoms with van der Waals surface area (Å²) in [5.74, 6) is 0.489. The van der Waals surface area contributed by atoms with Crippen LogP contribution in [0.15, 0.2) is 35.9 Å². The first-order chi connectivity index (χ1) is 11.1. The van der Waals surface area contributed by atoms with Crippen molar-refractivity contribution in [3.05, 3.63) is 41.5 Å². The minimum atomic E-state index is 0.169. The summed E-state index contributed by atoms with van der Waals surface area (Å²) in [6.07, 6.45) is 7.09. The highest BCUT2D eigenvalue weighted by molar-refractivity contribution is 5.82. The molecule has 0 radical (unpaired) electrons. The number of benzene rings is 1. The van der Waals surface area contributed by atoms with Gasteiger partial charge in [0, 0.05) is 13.6 Å². The van der Waals surface area contributed by atoms with Crippen LogP contribution in [0.4, 0.5) is 0 Å². The Labute approximate surface area is 140 Å². The smallest absolute Gasteiger partial charge is 0.227 e. The molecule has 0 N–H and O–H groups in total. The molecular weight excluding hydrogens is 284 g/mol. The number of amides is 1. The van der Waals surface area contributed by atoms with Crippen molar-refractivity contribution in [2.24, 2.45) is 5.92 Å². The Hall–Kier alpha value is -1.61. The van der Waals surface area contributed by atoms with Gasteiger partial charge in [-0.15, -0.1) is 0 Å². The van der Waals surface area contributed by atoms with E-state index in [0.717, 1.165) is 26.1 Å². The summed E-state index contributed by atoms with van der Waals surface area (Å²) in [6.45, 7) is 5.43. The zero-order valence-electron chi connectivity index (χ0n) is 14.4. The van der Waals surface area contributed by atoms with Crippen molar-refractivity contribution in [1.29, 1.82) is 0 Å². The molecule has 0 aromatic heterocycles. The molecule has 2 aliphatic heterocycles. The van der Waals surface area contributed by atoms with Gasteiger partial charge in [-0.25, -0.2) is 0 Å². The highest BCUT2D eigenvalue weighted by Crippen LogP contribution is 2.30. The third-order valence-corrected chi connectivity index (χ3v) is 5.32. The maximum absolute atomic E-state index is 12.6. The third kappa shape index (κ3) is 3.84. The van der Waals surface area contributed by atoms with E-state index in [0.29, 0.717) is 5.91 Å². The maximum atomic E-state index is 12.6.